The molecule has 2 aromatic carbocycles. The van der Waals surface area contributed by atoms with Gasteiger partial charge in [0.05, 0.1) is 5.69 Å². The summed E-state index contributed by atoms with van der Waals surface area (Å²) in [4.78, 5) is 18.1. The minimum Gasteiger partial charge on any atom is -0.382 e. The van der Waals surface area contributed by atoms with Crippen LogP contribution in [0.3, 0.4) is 0 Å². The highest BCUT2D eigenvalue weighted by atomic mass is 35.5. The van der Waals surface area contributed by atoms with Gasteiger partial charge in [-0.2, -0.15) is 15.0 Å². The lowest BCUT2D eigenvalue weighted by Gasteiger charge is -2.36. The average Bonchev–Trinajstić information content (AvgIpc) is 2.86. The highest BCUT2D eigenvalue weighted by molar-refractivity contribution is 6.31. The standard InChI is InChI=1S/C25H31ClFN7O/c1-3-35-16-6-11-28-23-30-24(29-19-9-10-20(26)18(2)17-19)32-25(31-23)34-14-12-33(13-15-34)22-8-5-4-7-21(22)27/h4-5,7-10,17H,3,6,11-16H2,1-2H3,(H2,28,29,30,31,32). The Hall–Kier alpha value is -3.17. The van der Waals surface area contributed by atoms with Crippen molar-refractivity contribution in [1.82, 2.24) is 15.0 Å². The summed E-state index contributed by atoms with van der Waals surface area (Å²) in [5, 5.41) is 7.26. The van der Waals surface area contributed by atoms with Gasteiger partial charge in [0.1, 0.15) is 5.82 Å². The summed E-state index contributed by atoms with van der Waals surface area (Å²) < 4.78 is 19.6. The van der Waals surface area contributed by atoms with Crippen LogP contribution in [0.1, 0.15) is 18.9 Å². The van der Waals surface area contributed by atoms with Crippen molar-refractivity contribution < 1.29 is 9.13 Å². The second kappa shape index (κ2) is 12.0. The van der Waals surface area contributed by atoms with E-state index in [-0.39, 0.29) is 5.82 Å². The van der Waals surface area contributed by atoms with Crippen LogP contribution in [-0.2, 0) is 4.74 Å². The van der Waals surface area contributed by atoms with Crippen molar-refractivity contribution in [2.45, 2.75) is 20.3 Å². The van der Waals surface area contributed by atoms with Gasteiger partial charge in [-0.15, -0.1) is 0 Å². The van der Waals surface area contributed by atoms with Crippen molar-refractivity contribution in [3.8, 4) is 0 Å². The summed E-state index contributed by atoms with van der Waals surface area (Å²) >= 11 is 6.17. The molecular formula is C25H31ClFN7O. The molecule has 10 heteroatoms. The molecule has 0 unspecified atom stereocenters. The van der Waals surface area contributed by atoms with Crippen molar-refractivity contribution in [1.29, 1.82) is 0 Å². The lowest BCUT2D eigenvalue weighted by Crippen LogP contribution is -2.47. The third-order valence-electron chi connectivity index (χ3n) is 5.75. The van der Waals surface area contributed by atoms with E-state index in [1.807, 2.05) is 44.2 Å². The van der Waals surface area contributed by atoms with Crippen LogP contribution in [-0.4, -0.2) is 60.9 Å². The molecule has 0 amide bonds. The Morgan fingerprint density at radius 1 is 1.00 bits per heavy atom. The number of benzene rings is 2. The van der Waals surface area contributed by atoms with Crippen molar-refractivity contribution in [3.63, 3.8) is 0 Å². The molecule has 1 aromatic heterocycles. The number of aryl methyl sites for hydroxylation is 1. The molecule has 0 spiro atoms. The van der Waals surface area contributed by atoms with E-state index in [0.29, 0.717) is 74.5 Å². The molecule has 1 aliphatic rings. The van der Waals surface area contributed by atoms with Crippen LogP contribution in [0.25, 0.3) is 0 Å². The summed E-state index contributed by atoms with van der Waals surface area (Å²) in [5.41, 5.74) is 2.43. The van der Waals surface area contributed by atoms with E-state index in [4.69, 9.17) is 16.3 Å². The fourth-order valence-electron chi connectivity index (χ4n) is 3.87. The fourth-order valence-corrected chi connectivity index (χ4v) is 3.98. The Bertz CT molecular complexity index is 1120. The molecule has 2 heterocycles. The topological polar surface area (TPSA) is 78.4 Å². The van der Waals surface area contributed by atoms with E-state index in [2.05, 4.69) is 35.4 Å². The first-order valence-corrected chi connectivity index (χ1v) is 12.3. The van der Waals surface area contributed by atoms with Gasteiger partial charge in [0.25, 0.3) is 0 Å². The molecule has 0 saturated carbocycles. The molecule has 3 aromatic rings. The van der Waals surface area contributed by atoms with Crippen LogP contribution in [0.15, 0.2) is 42.5 Å². The van der Waals surface area contributed by atoms with E-state index < -0.39 is 0 Å². The van der Waals surface area contributed by atoms with E-state index in [1.54, 1.807) is 6.07 Å². The number of nitrogens with one attached hydrogen (secondary N) is 2. The summed E-state index contributed by atoms with van der Waals surface area (Å²) in [6.07, 6.45) is 0.843. The van der Waals surface area contributed by atoms with Crippen LogP contribution in [0, 0.1) is 12.7 Å². The van der Waals surface area contributed by atoms with Crippen molar-refractivity contribution in [2.75, 3.05) is 66.4 Å². The van der Waals surface area contributed by atoms with Gasteiger partial charge in [-0.05, 0) is 56.2 Å². The molecule has 0 atom stereocenters. The number of hydrogen-bond donors (Lipinski definition) is 2. The Morgan fingerprint density at radius 2 is 1.74 bits per heavy atom. The number of halogens is 2. The Morgan fingerprint density at radius 3 is 2.49 bits per heavy atom. The fraction of sp³-hybridized carbons (Fsp3) is 0.400. The van der Waals surface area contributed by atoms with Crippen LogP contribution >= 0.6 is 11.6 Å². The number of para-hydroxylation sites is 1. The van der Waals surface area contributed by atoms with Crippen LogP contribution < -0.4 is 20.4 Å². The summed E-state index contributed by atoms with van der Waals surface area (Å²) in [5.74, 6) is 1.31. The molecule has 2 N–H and O–H groups in total. The zero-order valence-corrected chi connectivity index (χ0v) is 20.9. The van der Waals surface area contributed by atoms with Crippen LogP contribution in [0.2, 0.25) is 5.02 Å². The molecule has 0 bridgehead atoms. The van der Waals surface area contributed by atoms with Gasteiger partial charge in [-0.3, -0.25) is 0 Å². The molecule has 186 valence electrons. The highest BCUT2D eigenvalue weighted by Gasteiger charge is 2.22. The summed E-state index contributed by atoms with van der Waals surface area (Å²) in [6.45, 7) is 8.66. The maximum atomic E-state index is 14.2. The third-order valence-corrected chi connectivity index (χ3v) is 6.17. The van der Waals surface area contributed by atoms with Crippen molar-refractivity contribution >= 4 is 40.8 Å². The Balaban J connectivity index is 1.49. The molecule has 4 rings (SSSR count). The van der Waals surface area contributed by atoms with E-state index in [1.165, 1.54) is 6.07 Å². The first-order valence-electron chi connectivity index (χ1n) is 11.9. The number of rotatable bonds is 10. The summed E-state index contributed by atoms with van der Waals surface area (Å²) in [6, 6.07) is 12.6. The summed E-state index contributed by atoms with van der Waals surface area (Å²) in [7, 11) is 0. The number of ether oxygens (including phenoxy) is 1. The number of aromatic nitrogens is 3. The highest BCUT2D eigenvalue weighted by Crippen LogP contribution is 2.25. The first kappa shape index (κ1) is 24.9. The number of piperazine rings is 1. The van der Waals surface area contributed by atoms with Gasteiger partial charge in [0, 0.05) is 56.6 Å². The zero-order chi connectivity index (χ0) is 24.6. The maximum Gasteiger partial charge on any atom is 0.233 e. The van der Waals surface area contributed by atoms with Crippen molar-refractivity contribution in [2.24, 2.45) is 0 Å². The molecule has 0 aliphatic carbocycles. The third kappa shape index (κ3) is 6.70. The molecule has 1 fully saturated rings. The quantitative estimate of drug-likeness (QED) is 0.382. The van der Waals surface area contributed by atoms with Crippen molar-refractivity contribution in [3.05, 3.63) is 58.9 Å². The lowest BCUT2D eigenvalue weighted by molar-refractivity contribution is 0.147. The monoisotopic (exact) mass is 499 g/mol. The molecule has 35 heavy (non-hydrogen) atoms. The molecular weight excluding hydrogens is 469 g/mol. The average molecular weight is 500 g/mol. The van der Waals surface area contributed by atoms with Crippen LogP contribution in [0.4, 0.5) is 33.6 Å². The minimum absolute atomic E-state index is 0.204. The first-order chi connectivity index (χ1) is 17.0. The van der Waals surface area contributed by atoms with E-state index in [9.17, 15) is 4.39 Å². The largest absolute Gasteiger partial charge is 0.382 e. The smallest absolute Gasteiger partial charge is 0.233 e. The van der Waals surface area contributed by atoms with Gasteiger partial charge in [0.15, 0.2) is 0 Å². The second-order valence-corrected chi connectivity index (χ2v) is 8.68. The number of hydrogen-bond acceptors (Lipinski definition) is 8. The van der Waals surface area contributed by atoms with Gasteiger partial charge in [-0.1, -0.05) is 23.7 Å². The zero-order valence-electron chi connectivity index (χ0n) is 20.1. The van der Waals surface area contributed by atoms with Gasteiger partial charge >= 0.3 is 0 Å². The van der Waals surface area contributed by atoms with Gasteiger partial charge < -0.3 is 25.2 Å². The molecule has 1 saturated heterocycles. The maximum absolute atomic E-state index is 14.2. The van der Waals surface area contributed by atoms with Gasteiger partial charge in [0.2, 0.25) is 17.8 Å². The lowest BCUT2D eigenvalue weighted by atomic mass is 10.2. The Labute approximate surface area is 210 Å². The van der Waals surface area contributed by atoms with E-state index in [0.717, 1.165) is 17.7 Å². The minimum atomic E-state index is -0.204. The molecule has 8 nitrogen and oxygen atoms in total. The van der Waals surface area contributed by atoms with Gasteiger partial charge in [-0.25, -0.2) is 4.39 Å². The normalized spacial score (nSPS) is 13.7. The number of nitrogens with zero attached hydrogens (tertiary/aromatic N) is 5. The predicted octanol–water partition coefficient (Wildman–Crippen LogP) is 4.88. The molecule has 0 radical (unpaired) electrons. The number of anilines is 5. The Kier molecular flexibility index (Phi) is 8.54. The van der Waals surface area contributed by atoms with E-state index >= 15 is 0 Å². The second-order valence-electron chi connectivity index (χ2n) is 8.27. The van der Waals surface area contributed by atoms with Crippen LogP contribution in [0.5, 0.6) is 0 Å². The predicted molar refractivity (Wildman–Crippen MR) is 140 cm³/mol. The molecule has 1 aliphatic heterocycles. The SMILES string of the molecule is CCOCCCNc1nc(Nc2ccc(Cl)c(C)c2)nc(N2CCN(c3ccccc3F)CC2)n1.